The van der Waals surface area contributed by atoms with E-state index in [9.17, 15) is 4.79 Å². The van der Waals surface area contributed by atoms with Crippen molar-refractivity contribution in [2.24, 2.45) is 0 Å². The monoisotopic (exact) mass is 261 g/mol. The Kier molecular flexibility index (Phi) is 3.80. The first-order chi connectivity index (χ1) is 9.34. The first kappa shape index (κ1) is 12.6. The number of carbonyl (C=O) groups is 1. The smallest absolute Gasteiger partial charge is 0.249 e. The van der Waals surface area contributed by atoms with Crippen molar-refractivity contribution >= 4 is 5.91 Å². The lowest BCUT2D eigenvalue weighted by Gasteiger charge is -2.30. The van der Waals surface area contributed by atoms with Crippen molar-refractivity contribution in [2.75, 3.05) is 19.8 Å². The van der Waals surface area contributed by atoms with Crippen LogP contribution in [-0.4, -0.2) is 30.7 Å². The maximum absolute atomic E-state index is 12.2. The Labute approximate surface area is 113 Å². The number of fused-ring (bicyclic) bond motifs is 1. The SMILES string of the molecule is O=C(CC1OCCc2ccccc21)N1CCCCO1. The number of carbonyl (C=O) groups excluding carboxylic acids is 1. The molecule has 2 aliphatic rings. The molecule has 0 radical (unpaired) electrons. The van der Waals surface area contributed by atoms with Gasteiger partial charge in [0.1, 0.15) is 0 Å². The average Bonchev–Trinajstić information content (AvgIpc) is 2.48. The topological polar surface area (TPSA) is 38.8 Å². The first-order valence-corrected chi connectivity index (χ1v) is 6.97. The molecule has 0 aromatic heterocycles. The highest BCUT2D eigenvalue weighted by atomic mass is 16.7. The molecule has 0 bridgehead atoms. The maximum atomic E-state index is 12.2. The Morgan fingerprint density at radius 3 is 3.00 bits per heavy atom. The molecule has 1 amide bonds. The number of amides is 1. The Morgan fingerprint density at radius 2 is 2.16 bits per heavy atom. The van der Waals surface area contributed by atoms with E-state index >= 15 is 0 Å². The minimum Gasteiger partial charge on any atom is -0.373 e. The lowest BCUT2D eigenvalue weighted by molar-refractivity contribution is -0.199. The van der Waals surface area contributed by atoms with Gasteiger partial charge in [-0.3, -0.25) is 9.63 Å². The molecular weight excluding hydrogens is 242 g/mol. The highest BCUT2D eigenvalue weighted by molar-refractivity contribution is 5.76. The van der Waals surface area contributed by atoms with Gasteiger partial charge in [0.2, 0.25) is 5.91 Å². The molecule has 1 aromatic carbocycles. The Morgan fingerprint density at radius 1 is 1.26 bits per heavy atom. The van der Waals surface area contributed by atoms with Gasteiger partial charge in [0.05, 0.1) is 25.7 Å². The average molecular weight is 261 g/mol. The van der Waals surface area contributed by atoms with Crippen molar-refractivity contribution < 1.29 is 14.4 Å². The van der Waals surface area contributed by atoms with E-state index in [4.69, 9.17) is 9.57 Å². The van der Waals surface area contributed by atoms with Crippen LogP contribution in [0.4, 0.5) is 0 Å². The minimum absolute atomic E-state index is 0.0291. The van der Waals surface area contributed by atoms with Crippen molar-refractivity contribution in [1.29, 1.82) is 0 Å². The fourth-order valence-corrected chi connectivity index (χ4v) is 2.70. The van der Waals surface area contributed by atoms with Gasteiger partial charge in [-0.15, -0.1) is 0 Å². The molecule has 2 aliphatic heterocycles. The zero-order valence-electron chi connectivity index (χ0n) is 11.0. The summed E-state index contributed by atoms with van der Waals surface area (Å²) in [5.74, 6) is 0.0291. The molecule has 1 fully saturated rings. The zero-order chi connectivity index (χ0) is 13.1. The second-order valence-corrected chi connectivity index (χ2v) is 5.05. The molecule has 0 aliphatic carbocycles. The summed E-state index contributed by atoms with van der Waals surface area (Å²) >= 11 is 0. The van der Waals surface area contributed by atoms with Crippen LogP contribution >= 0.6 is 0 Å². The molecule has 0 saturated carbocycles. The van der Waals surface area contributed by atoms with E-state index in [0.29, 0.717) is 26.2 Å². The van der Waals surface area contributed by atoms with Gasteiger partial charge in [0.25, 0.3) is 0 Å². The van der Waals surface area contributed by atoms with Gasteiger partial charge >= 0.3 is 0 Å². The van der Waals surface area contributed by atoms with Crippen LogP contribution in [0.15, 0.2) is 24.3 Å². The van der Waals surface area contributed by atoms with Crippen LogP contribution in [-0.2, 0) is 20.8 Å². The summed E-state index contributed by atoms with van der Waals surface area (Å²) in [7, 11) is 0. The molecule has 19 heavy (non-hydrogen) atoms. The van der Waals surface area contributed by atoms with Gasteiger partial charge in [0.15, 0.2) is 0 Å². The number of benzene rings is 1. The van der Waals surface area contributed by atoms with Crippen LogP contribution in [0.25, 0.3) is 0 Å². The molecule has 4 heteroatoms. The first-order valence-electron chi connectivity index (χ1n) is 6.97. The molecule has 1 saturated heterocycles. The van der Waals surface area contributed by atoms with E-state index in [2.05, 4.69) is 12.1 Å². The summed E-state index contributed by atoms with van der Waals surface area (Å²) in [6.07, 6.45) is 3.24. The molecule has 0 N–H and O–H groups in total. The molecule has 1 aromatic rings. The van der Waals surface area contributed by atoms with Crippen LogP contribution in [0, 0.1) is 0 Å². The van der Waals surface area contributed by atoms with E-state index in [-0.39, 0.29) is 12.0 Å². The number of ether oxygens (including phenoxy) is 1. The molecule has 2 heterocycles. The lowest BCUT2D eigenvalue weighted by atomic mass is 9.95. The number of hydrogen-bond donors (Lipinski definition) is 0. The van der Waals surface area contributed by atoms with Crippen LogP contribution in [0.1, 0.15) is 36.5 Å². The fourth-order valence-electron chi connectivity index (χ4n) is 2.70. The largest absolute Gasteiger partial charge is 0.373 e. The summed E-state index contributed by atoms with van der Waals surface area (Å²) < 4.78 is 5.76. The summed E-state index contributed by atoms with van der Waals surface area (Å²) in [5.41, 5.74) is 2.45. The second kappa shape index (κ2) is 5.72. The number of nitrogens with zero attached hydrogens (tertiary/aromatic N) is 1. The Balaban J connectivity index is 1.68. The van der Waals surface area contributed by atoms with Crippen LogP contribution in [0.3, 0.4) is 0 Å². The van der Waals surface area contributed by atoms with Crippen molar-refractivity contribution in [2.45, 2.75) is 31.8 Å². The van der Waals surface area contributed by atoms with E-state index in [1.807, 2.05) is 12.1 Å². The summed E-state index contributed by atoms with van der Waals surface area (Å²) in [6, 6.07) is 8.22. The summed E-state index contributed by atoms with van der Waals surface area (Å²) in [6.45, 7) is 2.04. The highest BCUT2D eigenvalue weighted by Gasteiger charge is 2.26. The second-order valence-electron chi connectivity index (χ2n) is 5.05. The van der Waals surface area contributed by atoms with Crippen molar-refractivity contribution in [3.63, 3.8) is 0 Å². The minimum atomic E-state index is -0.122. The predicted molar refractivity (Wildman–Crippen MR) is 70.4 cm³/mol. The Hall–Kier alpha value is -1.39. The third-order valence-corrected chi connectivity index (χ3v) is 3.73. The number of hydrogen-bond acceptors (Lipinski definition) is 3. The van der Waals surface area contributed by atoms with Crippen molar-refractivity contribution in [1.82, 2.24) is 5.06 Å². The van der Waals surface area contributed by atoms with Gasteiger partial charge < -0.3 is 4.74 Å². The fraction of sp³-hybridized carbons (Fsp3) is 0.533. The third kappa shape index (κ3) is 2.80. The van der Waals surface area contributed by atoms with Crippen LogP contribution in [0.5, 0.6) is 0 Å². The van der Waals surface area contributed by atoms with Crippen molar-refractivity contribution in [3.8, 4) is 0 Å². The standard InChI is InChI=1S/C15H19NO3/c17-15(16-8-3-4-9-19-16)11-14-13-6-2-1-5-12(13)7-10-18-14/h1-2,5-6,14H,3-4,7-11H2. The van der Waals surface area contributed by atoms with E-state index in [1.165, 1.54) is 10.6 Å². The van der Waals surface area contributed by atoms with Gasteiger partial charge in [0, 0.05) is 6.54 Å². The van der Waals surface area contributed by atoms with Crippen LogP contribution < -0.4 is 0 Å². The molecule has 0 spiro atoms. The Bertz CT molecular complexity index is 454. The maximum Gasteiger partial charge on any atom is 0.249 e. The molecule has 4 nitrogen and oxygen atoms in total. The summed E-state index contributed by atoms with van der Waals surface area (Å²) in [4.78, 5) is 17.6. The molecular formula is C15H19NO3. The zero-order valence-corrected chi connectivity index (χ0v) is 11.0. The van der Waals surface area contributed by atoms with Crippen LogP contribution in [0.2, 0.25) is 0 Å². The predicted octanol–water partition coefficient (Wildman–Crippen LogP) is 2.24. The highest BCUT2D eigenvalue weighted by Crippen LogP contribution is 2.30. The third-order valence-electron chi connectivity index (χ3n) is 3.73. The van der Waals surface area contributed by atoms with Gasteiger partial charge in [-0.25, -0.2) is 5.06 Å². The molecule has 3 rings (SSSR count). The van der Waals surface area contributed by atoms with Gasteiger partial charge in [-0.1, -0.05) is 24.3 Å². The van der Waals surface area contributed by atoms with Gasteiger partial charge in [-0.05, 0) is 30.4 Å². The number of hydroxylamine groups is 2. The summed E-state index contributed by atoms with van der Waals surface area (Å²) in [5, 5.41) is 1.50. The van der Waals surface area contributed by atoms with E-state index in [1.54, 1.807) is 0 Å². The van der Waals surface area contributed by atoms with Gasteiger partial charge in [-0.2, -0.15) is 0 Å². The van der Waals surface area contributed by atoms with E-state index < -0.39 is 0 Å². The van der Waals surface area contributed by atoms with E-state index in [0.717, 1.165) is 24.8 Å². The number of rotatable bonds is 2. The normalized spacial score (nSPS) is 22.9. The van der Waals surface area contributed by atoms with Crippen molar-refractivity contribution in [3.05, 3.63) is 35.4 Å². The molecule has 102 valence electrons. The molecule has 1 atom stereocenters. The lowest BCUT2D eigenvalue weighted by Crippen LogP contribution is -2.37. The molecule has 1 unspecified atom stereocenters. The quantitative estimate of drug-likeness (QED) is 0.819.